The number of hydrogen-bond acceptors (Lipinski definition) is 6. The van der Waals surface area contributed by atoms with Crippen molar-refractivity contribution < 1.29 is 28.5 Å². The standard InChI is InChI=1S/C23H26O6/c1-2-3-11-26-16-29-19-6-4-5-17(14-19)20(24)8-9-21(25)18-7-10-22-23(15-18)28-13-12-27-22/h4-7,10,14-15H,2-3,8-9,11-13,16H2,1H3. The van der Waals surface area contributed by atoms with Crippen molar-refractivity contribution in [2.75, 3.05) is 26.6 Å². The normalized spacial score (nSPS) is 12.4. The predicted octanol–water partition coefficient (Wildman–Crippen LogP) is 4.46. The third-order valence-electron chi connectivity index (χ3n) is 4.55. The van der Waals surface area contributed by atoms with Crippen molar-refractivity contribution in [3.8, 4) is 17.2 Å². The summed E-state index contributed by atoms with van der Waals surface area (Å²) < 4.78 is 21.9. The highest BCUT2D eigenvalue weighted by molar-refractivity contribution is 6.02. The Morgan fingerprint density at radius 2 is 1.66 bits per heavy atom. The van der Waals surface area contributed by atoms with E-state index in [4.69, 9.17) is 18.9 Å². The van der Waals surface area contributed by atoms with Crippen LogP contribution in [0.25, 0.3) is 0 Å². The van der Waals surface area contributed by atoms with Crippen LogP contribution in [0.15, 0.2) is 42.5 Å². The minimum atomic E-state index is -0.105. The van der Waals surface area contributed by atoms with Crippen LogP contribution < -0.4 is 14.2 Å². The number of fused-ring (bicyclic) bond motifs is 1. The zero-order chi connectivity index (χ0) is 20.5. The fraction of sp³-hybridized carbons (Fsp3) is 0.391. The van der Waals surface area contributed by atoms with Crippen LogP contribution in [0.4, 0.5) is 0 Å². The second-order valence-electron chi connectivity index (χ2n) is 6.76. The number of carbonyl (C=O) groups is 2. The lowest BCUT2D eigenvalue weighted by Gasteiger charge is -2.18. The van der Waals surface area contributed by atoms with Gasteiger partial charge >= 0.3 is 0 Å². The highest BCUT2D eigenvalue weighted by Crippen LogP contribution is 2.31. The number of rotatable bonds is 11. The third kappa shape index (κ3) is 6.06. The van der Waals surface area contributed by atoms with E-state index >= 15 is 0 Å². The van der Waals surface area contributed by atoms with Crippen molar-refractivity contribution in [3.05, 3.63) is 53.6 Å². The summed E-state index contributed by atoms with van der Waals surface area (Å²) in [5.74, 6) is 1.57. The molecule has 0 radical (unpaired) electrons. The van der Waals surface area contributed by atoms with Crippen LogP contribution in [-0.4, -0.2) is 38.2 Å². The van der Waals surface area contributed by atoms with Crippen LogP contribution in [0.5, 0.6) is 17.2 Å². The quantitative estimate of drug-likeness (QED) is 0.316. The summed E-state index contributed by atoms with van der Waals surface area (Å²) in [5.41, 5.74) is 1.04. The number of carbonyl (C=O) groups excluding carboxylic acids is 2. The molecule has 154 valence electrons. The Kier molecular flexibility index (Phi) is 7.64. The van der Waals surface area contributed by atoms with Crippen molar-refractivity contribution >= 4 is 11.6 Å². The number of benzene rings is 2. The van der Waals surface area contributed by atoms with E-state index in [1.165, 1.54) is 0 Å². The van der Waals surface area contributed by atoms with Crippen molar-refractivity contribution in [2.24, 2.45) is 0 Å². The number of ether oxygens (including phenoxy) is 4. The van der Waals surface area contributed by atoms with Crippen molar-refractivity contribution in [1.29, 1.82) is 0 Å². The van der Waals surface area contributed by atoms with E-state index < -0.39 is 0 Å². The second-order valence-corrected chi connectivity index (χ2v) is 6.76. The summed E-state index contributed by atoms with van der Waals surface area (Å²) in [7, 11) is 0. The average molecular weight is 398 g/mol. The highest BCUT2D eigenvalue weighted by Gasteiger charge is 2.16. The molecular weight excluding hydrogens is 372 g/mol. The first-order chi connectivity index (χ1) is 14.2. The van der Waals surface area contributed by atoms with Gasteiger partial charge in [0.25, 0.3) is 0 Å². The van der Waals surface area contributed by atoms with Gasteiger partial charge in [-0.1, -0.05) is 25.5 Å². The Morgan fingerprint density at radius 1 is 0.931 bits per heavy atom. The molecule has 3 rings (SSSR count). The third-order valence-corrected chi connectivity index (χ3v) is 4.55. The van der Waals surface area contributed by atoms with Gasteiger partial charge < -0.3 is 18.9 Å². The maximum absolute atomic E-state index is 12.5. The van der Waals surface area contributed by atoms with Gasteiger partial charge in [-0.3, -0.25) is 9.59 Å². The Bertz CT molecular complexity index is 845. The molecule has 0 aromatic heterocycles. The lowest BCUT2D eigenvalue weighted by atomic mass is 10.0. The smallest absolute Gasteiger partial charge is 0.189 e. The molecule has 1 heterocycles. The fourth-order valence-electron chi connectivity index (χ4n) is 2.91. The average Bonchev–Trinajstić information content (AvgIpc) is 2.77. The van der Waals surface area contributed by atoms with Gasteiger partial charge in [-0.05, 0) is 36.8 Å². The van der Waals surface area contributed by atoms with Gasteiger partial charge in [0.05, 0.1) is 6.61 Å². The summed E-state index contributed by atoms with van der Waals surface area (Å²) in [6.07, 6.45) is 2.31. The van der Waals surface area contributed by atoms with E-state index in [-0.39, 0.29) is 31.2 Å². The first-order valence-electron chi connectivity index (χ1n) is 9.94. The van der Waals surface area contributed by atoms with Crippen LogP contribution in [0.3, 0.4) is 0 Å². The molecule has 29 heavy (non-hydrogen) atoms. The molecule has 1 aliphatic rings. The Morgan fingerprint density at radius 3 is 2.41 bits per heavy atom. The Labute approximate surface area is 170 Å². The number of unbranched alkanes of at least 4 members (excludes halogenated alkanes) is 1. The first-order valence-corrected chi connectivity index (χ1v) is 9.94. The van der Waals surface area contributed by atoms with E-state index in [0.717, 1.165) is 12.8 Å². The molecule has 0 atom stereocenters. The predicted molar refractivity (Wildman–Crippen MR) is 108 cm³/mol. The van der Waals surface area contributed by atoms with Crippen LogP contribution in [0.1, 0.15) is 53.3 Å². The molecule has 1 aliphatic heterocycles. The van der Waals surface area contributed by atoms with Crippen molar-refractivity contribution in [2.45, 2.75) is 32.6 Å². The van der Waals surface area contributed by atoms with Crippen molar-refractivity contribution in [3.63, 3.8) is 0 Å². The molecular formula is C23H26O6. The van der Waals surface area contributed by atoms with E-state index in [9.17, 15) is 9.59 Å². The van der Waals surface area contributed by atoms with Crippen molar-refractivity contribution in [1.82, 2.24) is 0 Å². The largest absolute Gasteiger partial charge is 0.486 e. The van der Waals surface area contributed by atoms with Gasteiger partial charge in [0.15, 0.2) is 29.9 Å². The SMILES string of the molecule is CCCCOCOc1cccc(C(=O)CCC(=O)c2ccc3c(c2)OCCO3)c1. The molecule has 0 saturated carbocycles. The van der Waals surface area contributed by atoms with Crippen LogP contribution >= 0.6 is 0 Å². The molecule has 6 heteroatoms. The van der Waals surface area contributed by atoms with Gasteiger partial charge in [-0.2, -0.15) is 0 Å². The molecule has 2 aromatic rings. The first kappa shape index (κ1) is 20.9. The number of ketones is 2. The van der Waals surface area contributed by atoms with Gasteiger partial charge in [0.2, 0.25) is 0 Å². The molecule has 0 saturated heterocycles. The summed E-state index contributed by atoms with van der Waals surface area (Å²) in [6.45, 7) is 3.86. The minimum Gasteiger partial charge on any atom is -0.486 e. The number of hydrogen-bond donors (Lipinski definition) is 0. The van der Waals surface area contributed by atoms with Crippen LogP contribution in [0.2, 0.25) is 0 Å². The van der Waals surface area contributed by atoms with E-state index in [2.05, 4.69) is 6.92 Å². The van der Waals surface area contributed by atoms with Gasteiger partial charge in [-0.15, -0.1) is 0 Å². The summed E-state index contributed by atoms with van der Waals surface area (Å²) in [6, 6.07) is 12.0. The molecule has 0 fully saturated rings. The molecule has 6 nitrogen and oxygen atoms in total. The monoisotopic (exact) mass is 398 g/mol. The van der Waals surface area contributed by atoms with Crippen LogP contribution in [-0.2, 0) is 4.74 Å². The summed E-state index contributed by atoms with van der Waals surface area (Å²) >= 11 is 0. The number of Topliss-reactive ketones (excluding diaryl/α,β-unsaturated/α-hetero) is 2. The van der Waals surface area contributed by atoms with Gasteiger partial charge in [0, 0.05) is 24.0 Å². The van der Waals surface area contributed by atoms with E-state index in [0.29, 0.717) is 48.2 Å². The lowest BCUT2D eigenvalue weighted by Crippen LogP contribution is -2.16. The molecule has 2 aromatic carbocycles. The van der Waals surface area contributed by atoms with Crippen LogP contribution in [0, 0.1) is 0 Å². The fourth-order valence-corrected chi connectivity index (χ4v) is 2.91. The Balaban J connectivity index is 1.51. The van der Waals surface area contributed by atoms with E-state index in [1.54, 1.807) is 42.5 Å². The Hall–Kier alpha value is -2.86. The van der Waals surface area contributed by atoms with E-state index in [1.807, 2.05) is 0 Å². The second kappa shape index (κ2) is 10.6. The molecule has 0 amide bonds. The summed E-state index contributed by atoms with van der Waals surface area (Å²) in [4.78, 5) is 25.0. The topological polar surface area (TPSA) is 71.1 Å². The maximum Gasteiger partial charge on any atom is 0.189 e. The zero-order valence-electron chi connectivity index (χ0n) is 16.6. The molecule has 0 spiro atoms. The maximum atomic E-state index is 12.5. The minimum absolute atomic E-state index is 0.103. The molecule has 0 N–H and O–H groups in total. The molecule has 0 aliphatic carbocycles. The molecule has 0 unspecified atom stereocenters. The van der Waals surface area contributed by atoms with Gasteiger partial charge in [-0.25, -0.2) is 0 Å². The highest BCUT2D eigenvalue weighted by atomic mass is 16.7. The molecule has 0 bridgehead atoms. The lowest BCUT2D eigenvalue weighted by molar-refractivity contribution is 0.0140. The zero-order valence-corrected chi connectivity index (χ0v) is 16.6. The van der Waals surface area contributed by atoms with Gasteiger partial charge in [0.1, 0.15) is 19.0 Å². The summed E-state index contributed by atoms with van der Waals surface area (Å²) in [5, 5.41) is 0.